The molecule has 0 fully saturated rings. The highest BCUT2D eigenvalue weighted by Crippen LogP contribution is 2.20. The molecular weight excluding hydrogens is 304 g/mol. The Hall–Kier alpha value is -0.350. The largest absolute Gasteiger partial charge is 0.369 e. The Morgan fingerprint density at radius 1 is 1.24 bits per heavy atom. The predicted octanol–water partition coefficient (Wildman–Crippen LogP) is 2.51. The van der Waals surface area contributed by atoms with E-state index >= 15 is 0 Å². The summed E-state index contributed by atoms with van der Waals surface area (Å²) in [5, 5.41) is 6.11. The number of amides is 1. The molecule has 0 heterocycles. The van der Waals surface area contributed by atoms with Crippen molar-refractivity contribution in [3.8, 4) is 11.8 Å². The van der Waals surface area contributed by atoms with E-state index in [1.54, 1.807) is 21.6 Å². The number of ether oxygens (including phenoxy) is 1. The molecule has 0 saturated carbocycles. The van der Waals surface area contributed by atoms with Gasteiger partial charge in [-0.05, 0) is 0 Å². The molecule has 0 spiro atoms. The van der Waals surface area contributed by atoms with Crippen molar-refractivity contribution in [2.45, 2.75) is 40.2 Å². The summed E-state index contributed by atoms with van der Waals surface area (Å²) in [6.45, 7) is 10.2. The van der Waals surface area contributed by atoms with Crippen LogP contribution < -0.4 is 10.6 Å². The van der Waals surface area contributed by atoms with Gasteiger partial charge in [0, 0.05) is 24.3 Å². The molecule has 0 atom stereocenters. The molecule has 0 aromatic heterocycles. The summed E-state index contributed by atoms with van der Waals surface area (Å²) in [7, 11) is 3.47. The standard InChI is InChI=1S/C15H28N2O2S2/c1-13(2)6-5-8-17-15(18)7-10-19-12-21-20-11-9-16-14(3)4/h13-14,16H,7-12H2,1-4H3,(H,17,18). The fraction of sp³-hybridized carbons (Fsp3) is 0.800. The van der Waals surface area contributed by atoms with Gasteiger partial charge in [0.2, 0.25) is 5.91 Å². The highest BCUT2D eigenvalue weighted by atomic mass is 33.1. The molecule has 6 heteroatoms. The Balaban J connectivity index is 3.28. The lowest BCUT2D eigenvalue weighted by molar-refractivity contribution is -0.121. The highest BCUT2D eigenvalue weighted by Gasteiger charge is 1.99. The van der Waals surface area contributed by atoms with Gasteiger partial charge in [-0.25, -0.2) is 0 Å². The van der Waals surface area contributed by atoms with Gasteiger partial charge in [0.1, 0.15) is 5.94 Å². The van der Waals surface area contributed by atoms with Gasteiger partial charge in [-0.3, -0.25) is 4.79 Å². The Kier molecular flexibility index (Phi) is 14.3. The molecule has 0 saturated heterocycles. The molecule has 0 bridgehead atoms. The van der Waals surface area contributed by atoms with Crippen molar-refractivity contribution in [2.75, 3.05) is 31.4 Å². The number of carbonyl (C=O) groups excluding carboxylic acids is 1. The molecule has 2 N–H and O–H groups in total. The molecule has 21 heavy (non-hydrogen) atoms. The minimum Gasteiger partial charge on any atom is -0.369 e. The molecule has 0 aliphatic heterocycles. The normalized spacial score (nSPS) is 10.6. The van der Waals surface area contributed by atoms with Crippen LogP contribution in [0.25, 0.3) is 0 Å². The van der Waals surface area contributed by atoms with Crippen LogP contribution in [0, 0.1) is 17.8 Å². The van der Waals surface area contributed by atoms with Gasteiger partial charge in [0.15, 0.2) is 0 Å². The third-order valence-electron chi connectivity index (χ3n) is 2.19. The smallest absolute Gasteiger partial charge is 0.223 e. The Labute approximate surface area is 137 Å². The van der Waals surface area contributed by atoms with Crippen molar-refractivity contribution in [2.24, 2.45) is 5.92 Å². The van der Waals surface area contributed by atoms with Crippen molar-refractivity contribution in [1.82, 2.24) is 10.6 Å². The van der Waals surface area contributed by atoms with E-state index in [-0.39, 0.29) is 5.91 Å². The molecule has 0 radical (unpaired) electrons. The second kappa shape index (κ2) is 14.6. The summed E-state index contributed by atoms with van der Waals surface area (Å²) in [4.78, 5) is 11.4. The van der Waals surface area contributed by atoms with Crippen LogP contribution in [0.3, 0.4) is 0 Å². The summed E-state index contributed by atoms with van der Waals surface area (Å²) in [6, 6.07) is 0.538. The summed E-state index contributed by atoms with van der Waals surface area (Å²) in [5.74, 6) is 7.93. The fourth-order valence-electron chi connectivity index (χ4n) is 1.23. The zero-order chi connectivity index (χ0) is 15.9. The van der Waals surface area contributed by atoms with Crippen LogP contribution in [-0.4, -0.2) is 43.3 Å². The lowest BCUT2D eigenvalue weighted by Gasteiger charge is -2.07. The molecule has 122 valence electrons. The van der Waals surface area contributed by atoms with Gasteiger partial charge in [0.25, 0.3) is 0 Å². The molecule has 0 aromatic rings. The maximum Gasteiger partial charge on any atom is 0.223 e. The predicted molar refractivity (Wildman–Crippen MR) is 94.2 cm³/mol. The lowest BCUT2D eigenvalue weighted by Crippen LogP contribution is -2.25. The molecule has 0 aliphatic rings. The Morgan fingerprint density at radius 3 is 2.67 bits per heavy atom. The molecular formula is C15H28N2O2S2. The Morgan fingerprint density at radius 2 is 2.00 bits per heavy atom. The zero-order valence-electron chi connectivity index (χ0n) is 13.5. The topological polar surface area (TPSA) is 50.4 Å². The zero-order valence-corrected chi connectivity index (χ0v) is 15.2. The van der Waals surface area contributed by atoms with E-state index in [0.29, 0.717) is 37.5 Å². The first-order valence-electron chi connectivity index (χ1n) is 7.33. The minimum absolute atomic E-state index is 0.00755. The summed E-state index contributed by atoms with van der Waals surface area (Å²) >= 11 is 0. The van der Waals surface area contributed by atoms with E-state index in [9.17, 15) is 4.79 Å². The van der Waals surface area contributed by atoms with Crippen LogP contribution in [0.5, 0.6) is 0 Å². The molecule has 0 aromatic carbocycles. The molecule has 1 amide bonds. The fourth-order valence-corrected chi connectivity index (χ4v) is 2.81. The van der Waals surface area contributed by atoms with E-state index in [4.69, 9.17) is 4.74 Å². The maximum absolute atomic E-state index is 11.4. The van der Waals surface area contributed by atoms with Gasteiger partial charge in [-0.2, -0.15) is 0 Å². The first-order valence-corrected chi connectivity index (χ1v) is 9.81. The van der Waals surface area contributed by atoms with Crippen LogP contribution in [-0.2, 0) is 9.53 Å². The van der Waals surface area contributed by atoms with Crippen LogP contribution in [0.4, 0.5) is 0 Å². The number of rotatable bonds is 11. The second-order valence-corrected chi connectivity index (χ2v) is 7.61. The van der Waals surface area contributed by atoms with Crippen LogP contribution in [0.2, 0.25) is 0 Å². The summed E-state index contributed by atoms with van der Waals surface area (Å²) in [6.07, 6.45) is 0.392. The third kappa shape index (κ3) is 17.6. The SMILES string of the molecule is CC(C)C#CCNC(=O)CCOCSSCCNC(C)C. The first kappa shape index (κ1) is 20.6. The monoisotopic (exact) mass is 332 g/mol. The van der Waals surface area contributed by atoms with Crippen molar-refractivity contribution in [1.29, 1.82) is 0 Å². The van der Waals surface area contributed by atoms with Crippen LogP contribution in [0.15, 0.2) is 0 Å². The Bertz CT molecular complexity index is 325. The third-order valence-corrected chi connectivity index (χ3v) is 4.28. The number of nitrogens with one attached hydrogen (secondary N) is 2. The van der Waals surface area contributed by atoms with Crippen molar-refractivity contribution in [3.63, 3.8) is 0 Å². The second-order valence-electron chi connectivity index (χ2n) is 5.08. The molecule has 0 unspecified atom stereocenters. The van der Waals surface area contributed by atoms with Crippen LogP contribution >= 0.6 is 21.6 Å². The van der Waals surface area contributed by atoms with Gasteiger partial charge >= 0.3 is 0 Å². The van der Waals surface area contributed by atoms with Gasteiger partial charge < -0.3 is 15.4 Å². The van der Waals surface area contributed by atoms with Gasteiger partial charge in [0.05, 0.1) is 19.6 Å². The van der Waals surface area contributed by atoms with E-state index in [1.807, 2.05) is 13.8 Å². The van der Waals surface area contributed by atoms with E-state index in [1.165, 1.54) is 0 Å². The summed E-state index contributed by atoms with van der Waals surface area (Å²) < 4.78 is 5.40. The maximum atomic E-state index is 11.4. The average Bonchev–Trinajstić information content (AvgIpc) is 2.41. The lowest BCUT2D eigenvalue weighted by atomic mass is 10.2. The number of carbonyl (C=O) groups is 1. The number of hydrogen-bond acceptors (Lipinski definition) is 5. The van der Waals surface area contributed by atoms with E-state index in [0.717, 1.165) is 12.3 Å². The summed E-state index contributed by atoms with van der Waals surface area (Å²) in [5.41, 5.74) is 0. The minimum atomic E-state index is -0.00755. The molecule has 0 aliphatic carbocycles. The van der Waals surface area contributed by atoms with E-state index in [2.05, 4.69) is 36.3 Å². The van der Waals surface area contributed by atoms with Crippen molar-refractivity contribution >= 4 is 27.5 Å². The van der Waals surface area contributed by atoms with Crippen molar-refractivity contribution in [3.05, 3.63) is 0 Å². The first-order chi connectivity index (χ1) is 10.0. The van der Waals surface area contributed by atoms with Gasteiger partial charge in [-0.1, -0.05) is 61.1 Å². The molecule has 4 nitrogen and oxygen atoms in total. The van der Waals surface area contributed by atoms with Crippen molar-refractivity contribution < 1.29 is 9.53 Å². The van der Waals surface area contributed by atoms with Crippen LogP contribution in [0.1, 0.15) is 34.1 Å². The highest BCUT2D eigenvalue weighted by molar-refractivity contribution is 8.76. The molecule has 0 rings (SSSR count). The average molecular weight is 333 g/mol. The number of hydrogen-bond donors (Lipinski definition) is 2. The van der Waals surface area contributed by atoms with Gasteiger partial charge in [-0.15, -0.1) is 0 Å². The quantitative estimate of drug-likeness (QED) is 0.263. The van der Waals surface area contributed by atoms with E-state index < -0.39 is 0 Å².